The standard InChI is InChI=1S/C12H23NO4/c1-4-6-11(15)13(10(5-2)9-14)8-7-12(16)17-3/h10,14H,4-9H2,1-3H3. The van der Waals surface area contributed by atoms with Gasteiger partial charge in [-0.3, -0.25) is 9.59 Å². The van der Waals surface area contributed by atoms with Gasteiger partial charge in [0.25, 0.3) is 0 Å². The van der Waals surface area contributed by atoms with Crippen LogP contribution in [-0.2, 0) is 14.3 Å². The first-order valence-corrected chi connectivity index (χ1v) is 6.07. The lowest BCUT2D eigenvalue weighted by Gasteiger charge is -2.29. The van der Waals surface area contributed by atoms with Crippen LogP contribution in [0, 0.1) is 0 Å². The second-order valence-electron chi connectivity index (χ2n) is 3.91. The number of methoxy groups -OCH3 is 1. The third kappa shape index (κ3) is 5.68. The van der Waals surface area contributed by atoms with Gasteiger partial charge in [0.2, 0.25) is 5.91 Å². The molecule has 5 nitrogen and oxygen atoms in total. The normalized spacial score (nSPS) is 12.0. The molecule has 0 aliphatic carbocycles. The van der Waals surface area contributed by atoms with Gasteiger partial charge in [0.15, 0.2) is 0 Å². The van der Waals surface area contributed by atoms with Crippen LogP contribution in [0.2, 0.25) is 0 Å². The highest BCUT2D eigenvalue weighted by Crippen LogP contribution is 2.09. The topological polar surface area (TPSA) is 66.8 Å². The van der Waals surface area contributed by atoms with E-state index in [9.17, 15) is 14.7 Å². The number of ether oxygens (including phenoxy) is 1. The molecular weight excluding hydrogens is 222 g/mol. The minimum atomic E-state index is -0.341. The van der Waals surface area contributed by atoms with Crippen LogP contribution >= 0.6 is 0 Å². The fourth-order valence-electron chi connectivity index (χ4n) is 1.63. The third-order valence-corrected chi connectivity index (χ3v) is 2.69. The van der Waals surface area contributed by atoms with Gasteiger partial charge >= 0.3 is 5.97 Å². The zero-order valence-corrected chi connectivity index (χ0v) is 10.9. The van der Waals surface area contributed by atoms with Crippen molar-refractivity contribution >= 4 is 11.9 Å². The number of aliphatic hydroxyl groups is 1. The molecule has 0 heterocycles. The molecule has 100 valence electrons. The van der Waals surface area contributed by atoms with E-state index in [2.05, 4.69) is 4.74 Å². The summed E-state index contributed by atoms with van der Waals surface area (Å²) < 4.78 is 4.55. The second kappa shape index (κ2) is 8.98. The average Bonchev–Trinajstić information content (AvgIpc) is 2.34. The van der Waals surface area contributed by atoms with Crippen LogP contribution in [0.5, 0.6) is 0 Å². The summed E-state index contributed by atoms with van der Waals surface area (Å²) in [5.74, 6) is -0.357. The molecule has 1 N–H and O–H groups in total. The Labute approximate surface area is 103 Å². The first-order chi connectivity index (χ1) is 8.10. The zero-order chi connectivity index (χ0) is 13.3. The maximum absolute atomic E-state index is 11.9. The number of carbonyl (C=O) groups is 2. The van der Waals surface area contributed by atoms with Gasteiger partial charge in [0, 0.05) is 13.0 Å². The molecule has 0 saturated carbocycles. The number of aliphatic hydroxyl groups excluding tert-OH is 1. The lowest BCUT2D eigenvalue weighted by atomic mass is 10.1. The smallest absolute Gasteiger partial charge is 0.307 e. The van der Waals surface area contributed by atoms with Gasteiger partial charge in [0.1, 0.15) is 0 Å². The van der Waals surface area contributed by atoms with Gasteiger partial charge in [-0.1, -0.05) is 13.8 Å². The number of nitrogens with zero attached hydrogens (tertiary/aromatic N) is 1. The number of hydrogen-bond donors (Lipinski definition) is 1. The molecule has 0 spiro atoms. The highest BCUT2D eigenvalue weighted by Gasteiger charge is 2.21. The van der Waals surface area contributed by atoms with Crippen molar-refractivity contribution in [1.82, 2.24) is 4.90 Å². The first kappa shape index (κ1) is 15.9. The lowest BCUT2D eigenvalue weighted by Crippen LogP contribution is -2.43. The van der Waals surface area contributed by atoms with Crippen molar-refractivity contribution in [3.05, 3.63) is 0 Å². The molecule has 0 fully saturated rings. The summed E-state index contributed by atoms with van der Waals surface area (Å²) in [6.07, 6.45) is 2.04. The van der Waals surface area contributed by atoms with Crippen molar-refractivity contribution in [3.8, 4) is 0 Å². The average molecular weight is 245 g/mol. The maximum Gasteiger partial charge on any atom is 0.307 e. The molecule has 0 aliphatic heterocycles. The SMILES string of the molecule is CCCC(=O)N(CCC(=O)OC)C(CC)CO. The summed E-state index contributed by atoms with van der Waals surface area (Å²) in [4.78, 5) is 24.5. The van der Waals surface area contributed by atoms with Gasteiger partial charge < -0.3 is 14.7 Å². The molecule has 0 aromatic carbocycles. The summed E-state index contributed by atoms with van der Waals surface area (Å²) in [6.45, 7) is 4.07. The van der Waals surface area contributed by atoms with Gasteiger partial charge in [-0.05, 0) is 12.8 Å². The van der Waals surface area contributed by atoms with Gasteiger partial charge in [-0.2, -0.15) is 0 Å². The Morgan fingerprint density at radius 1 is 1.29 bits per heavy atom. The number of amides is 1. The molecule has 1 atom stereocenters. The lowest BCUT2D eigenvalue weighted by molar-refractivity contribution is -0.142. The van der Waals surface area contributed by atoms with E-state index in [1.54, 1.807) is 4.90 Å². The van der Waals surface area contributed by atoms with Crippen molar-refractivity contribution in [2.45, 2.75) is 45.6 Å². The molecular formula is C12H23NO4. The van der Waals surface area contributed by atoms with Gasteiger partial charge in [-0.25, -0.2) is 0 Å². The third-order valence-electron chi connectivity index (χ3n) is 2.69. The van der Waals surface area contributed by atoms with E-state index >= 15 is 0 Å². The highest BCUT2D eigenvalue weighted by molar-refractivity contribution is 5.77. The minimum Gasteiger partial charge on any atom is -0.469 e. The Morgan fingerprint density at radius 3 is 2.35 bits per heavy atom. The van der Waals surface area contributed by atoms with E-state index in [4.69, 9.17) is 0 Å². The highest BCUT2D eigenvalue weighted by atomic mass is 16.5. The van der Waals surface area contributed by atoms with Crippen molar-refractivity contribution in [2.24, 2.45) is 0 Å². The van der Waals surface area contributed by atoms with Crippen molar-refractivity contribution in [2.75, 3.05) is 20.3 Å². The monoisotopic (exact) mass is 245 g/mol. The Hall–Kier alpha value is -1.10. The predicted octanol–water partition coefficient (Wildman–Crippen LogP) is 0.949. The second-order valence-corrected chi connectivity index (χ2v) is 3.91. The van der Waals surface area contributed by atoms with Gasteiger partial charge in [-0.15, -0.1) is 0 Å². The Bertz CT molecular complexity index is 239. The predicted molar refractivity (Wildman–Crippen MR) is 64.4 cm³/mol. The van der Waals surface area contributed by atoms with Crippen LogP contribution in [-0.4, -0.2) is 48.2 Å². The molecule has 0 rings (SSSR count). The quantitative estimate of drug-likeness (QED) is 0.646. The first-order valence-electron chi connectivity index (χ1n) is 6.07. The fraction of sp³-hybridized carbons (Fsp3) is 0.833. The van der Waals surface area contributed by atoms with Gasteiger partial charge in [0.05, 0.1) is 26.2 Å². The molecule has 0 aromatic heterocycles. The Morgan fingerprint density at radius 2 is 1.94 bits per heavy atom. The number of rotatable bonds is 8. The molecule has 0 saturated heterocycles. The number of esters is 1. The molecule has 5 heteroatoms. The minimum absolute atomic E-state index is 0.0164. The van der Waals surface area contributed by atoms with Crippen LogP contribution in [0.3, 0.4) is 0 Å². The summed E-state index contributed by atoms with van der Waals surface area (Å²) in [5, 5.41) is 9.23. The van der Waals surface area contributed by atoms with Crippen LogP contribution < -0.4 is 0 Å². The molecule has 1 unspecified atom stereocenters. The van der Waals surface area contributed by atoms with E-state index in [0.29, 0.717) is 19.4 Å². The Kier molecular flexibility index (Phi) is 8.40. The van der Waals surface area contributed by atoms with E-state index in [0.717, 1.165) is 6.42 Å². The zero-order valence-electron chi connectivity index (χ0n) is 10.9. The largest absolute Gasteiger partial charge is 0.469 e. The van der Waals surface area contributed by atoms with E-state index in [1.807, 2.05) is 13.8 Å². The molecule has 0 aromatic rings. The number of hydrogen-bond acceptors (Lipinski definition) is 4. The Balaban J connectivity index is 4.49. The summed E-state index contributed by atoms with van der Waals surface area (Å²) >= 11 is 0. The summed E-state index contributed by atoms with van der Waals surface area (Å²) in [6, 6.07) is -0.210. The van der Waals surface area contributed by atoms with Crippen LogP contribution in [0.25, 0.3) is 0 Å². The molecule has 0 radical (unpaired) electrons. The van der Waals surface area contributed by atoms with E-state index < -0.39 is 0 Å². The fourth-order valence-corrected chi connectivity index (χ4v) is 1.63. The van der Waals surface area contributed by atoms with E-state index in [1.165, 1.54) is 7.11 Å². The number of carbonyl (C=O) groups excluding carboxylic acids is 2. The molecule has 17 heavy (non-hydrogen) atoms. The van der Waals surface area contributed by atoms with Crippen LogP contribution in [0.15, 0.2) is 0 Å². The van der Waals surface area contributed by atoms with E-state index in [-0.39, 0.29) is 30.9 Å². The summed E-state index contributed by atoms with van der Waals surface area (Å²) in [5.41, 5.74) is 0. The molecule has 0 bridgehead atoms. The molecule has 1 amide bonds. The maximum atomic E-state index is 11.9. The van der Waals surface area contributed by atoms with Crippen molar-refractivity contribution < 1.29 is 19.4 Å². The molecule has 0 aliphatic rings. The van der Waals surface area contributed by atoms with Crippen molar-refractivity contribution in [1.29, 1.82) is 0 Å². The van der Waals surface area contributed by atoms with Crippen LogP contribution in [0.1, 0.15) is 39.5 Å². The van der Waals surface area contributed by atoms with Crippen LogP contribution in [0.4, 0.5) is 0 Å². The summed E-state index contributed by atoms with van der Waals surface area (Å²) in [7, 11) is 1.32. The van der Waals surface area contributed by atoms with Crippen molar-refractivity contribution in [3.63, 3.8) is 0 Å².